The number of aromatic nitrogens is 3. The molecule has 0 aliphatic carbocycles. The van der Waals surface area contributed by atoms with Crippen molar-refractivity contribution in [2.24, 2.45) is 5.10 Å². The Balaban J connectivity index is 1.50. The lowest BCUT2D eigenvalue weighted by atomic mass is 10.1. The molecule has 0 atom stereocenters. The molecule has 0 spiro atoms. The second kappa shape index (κ2) is 9.76. The summed E-state index contributed by atoms with van der Waals surface area (Å²) in [5, 5.41) is 5.94. The van der Waals surface area contributed by atoms with Crippen molar-refractivity contribution in [3.05, 3.63) is 112 Å². The Bertz CT molecular complexity index is 1920. The van der Waals surface area contributed by atoms with Gasteiger partial charge < -0.3 is 13.7 Å². The van der Waals surface area contributed by atoms with E-state index < -0.39 is 0 Å². The summed E-state index contributed by atoms with van der Waals surface area (Å²) in [5.41, 5.74) is 6.33. The number of methoxy groups -OCH3 is 1. The Labute approximate surface area is 225 Å². The zero-order valence-electron chi connectivity index (χ0n) is 22.3. The molecule has 194 valence electrons. The van der Waals surface area contributed by atoms with E-state index in [1.807, 2.05) is 42.5 Å². The number of hydrogen-bond donors (Lipinski definition) is 0. The van der Waals surface area contributed by atoms with E-state index in [0.717, 1.165) is 34.4 Å². The minimum atomic E-state index is -0.275. The monoisotopic (exact) mass is 516 g/mol. The third-order valence-corrected chi connectivity index (χ3v) is 7.10. The molecule has 0 saturated heterocycles. The molecule has 0 amide bonds. The summed E-state index contributed by atoms with van der Waals surface area (Å²) in [6.45, 7) is 6.26. The van der Waals surface area contributed by atoms with Crippen molar-refractivity contribution in [1.29, 1.82) is 0 Å². The van der Waals surface area contributed by atoms with Crippen LogP contribution in [0.3, 0.4) is 0 Å². The second-order valence-electron chi connectivity index (χ2n) is 9.48. The molecule has 0 fully saturated rings. The van der Waals surface area contributed by atoms with Crippen LogP contribution in [0.15, 0.2) is 93.2 Å². The lowest BCUT2D eigenvalue weighted by Gasteiger charge is -2.10. The highest BCUT2D eigenvalue weighted by Crippen LogP contribution is 2.33. The molecule has 39 heavy (non-hydrogen) atoms. The molecule has 3 heterocycles. The first kappa shape index (κ1) is 24.4. The van der Waals surface area contributed by atoms with Crippen molar-refractivity contribution in [2.75, 3.05) is 7.11 Å². The summed E-state index contributed by atoms with van der Waals surface area (Å²) in [5.74, 6) is 1.42. The summed E-state index contributed by atoms with van der Waals surface area (Å²) < 4.78 is 15.1. The van der Waals surface area contributed by atoms with Crippen LogP contribution in [0.25, 0.3) is 39.1 Å². The van der Waals surface area contributed by atoms with Crippen LogP contribution in [0.5, 0.6) is 5.75 Å². The summed E-state index contributed by atoms with van der Waals surface area (Å²) in [6, 6.07) is 25.3. The van der Waals surface area contributed by atoms with Gasteiger partial charge in [0.15, 0.2) is 5.76 Å². The van der Waals surface area contributed by atoms with Crippen molar-refractivity contribution in [1.82, 2.24) is 14.2 Å². The molecule has 7 heteroatoms. The van der Waals surface area contributed by atoms with Gasteiger partial charge in [-0.1, -0.05) is 37.3 Å². The Morgan fingerprint density at radius 3 is 2.54 bits per heavy atom. The van der Waals surface area contributed by atoms with Crippen molar-refractivity contribution in [2.45, 2.75) is 27.2 Å². The molecular weight excluding hydrogens is 488 g/mol. The predicted octanol–water partition coefficient (Wildman–Crippen LogP) is 6.67. The number of rotatable bonds is 6. The van der Waals surface area contributed by atoms with E-state index in [-0.39, 0.29) is 5.56 Å². The Morgan fingerprint density at radius 2 is 1.77 bits per heavy atom. The molecule has 0 aliphatic rings. The van der Waals surface area contributed by atoms with Gasteiger partial charge in [0.05, 0.1) is 29.6 Å². The van der Waals surface area contributed by atoms with Gasteiger partial charge >= 0.3 is 0 Å². The van der Waals surface area contributed by atoms with Gasteiger partial charge in [-0.3, -0.25) is 4.79 Å². The van der Waals surface area contributed by atoms with Crippen LogP contribution in [-0.4, -0.2) is 27.6 Å². The number of hydrogen-bond acceptors (Lipinski definition) is 5. The van der Waals surface area contributed by atoms with E-state index in [9.17, 15) is 4.79 Å². The highest BCUT2D eigenvalue weighted by Gasteiger charge is 2.18. The molecule has 0 aliphatic heterocycles. The van der Waals surface area contributed by atoms with Crippen LogP contribution in [0.2, 0.25) is 0 Å². The minimum Gasteiger partial charge on any atom is -0.496 e. The van der Waals surface area contributed by atoms with Gasteiger partial charge in [-0.15, -0.1) is 0 Å². The molecule has 0 saturated carbocycles. The van der Waals surface area contributed by atoms with Gasteiger partial charge in [0, 0.05) is 22.6 Å². The topological polar surface area (TPSA) is 74.6 Å². The summed E-state index contributed by atoms with van der Waals surface area (Å²) >= 11 is 0. The van der Waals surface area contributed by atoms with E-state index in [2.05, 4.69) is 60.8 Å². The number of furan rings is 1. The largest absolute Gasteiger partial charge is 0.496 e. The van der Waals surface area contributed by atoms with Gasteiger partial charge in [-0.05, 0) is 74.4 Å². The first-order valence-corrected chi connectivity index (χ1v) is 12.9. The SMILES string of the molecule is CCc1ccc(-n2c(C)cc(C=Nn3c(-c4cc5c(OC)cccc5o4)nc4ccccc4c3=O)c2C)cc1. The third-order valence-electron chi connectivity index (χ3n) is 7.10. The van der Waals surface area contributed by atoms with Crippen LogP contribution in [0.1, 0.15) is 29.4 Å². The second-order valence-corrected chi connectivity index (χ2v) is 9.48. The first-order valence-electron chi connectivity index (χ1n) is 12.9. The molecule has 0 bridgehead atoms. The van der Waals surface area contributed by atoms with Gasteiger partial charge in [0.1, 0.15) is 11.3 Å². The highest BCUT2D eigenvalue weighted by atomic mass is 16.5. The Kier molecular flexibility index (Phi) is 6.11. The standard InChI is InChI=1S/C32H28N4O3/c1-5-22-13-15-24(16-14-22)35-20(2)17-23(21(35)3)19-33-36-31(34-27-10-7-6-9-25(27)32(36)37)30-18-26-28(38-4)11-8-12-29(26)39-30/h6-19H,5H2,1-4H3. The zero-order valence-corrected chi connectivity index (χ0v) is 22.3. The van der Waals surface area contributed by atoms with Gasteiger partial charge in [-0.2, -0.15) is 9.78 Å². The molecule has 3 aromatic heterocycles. The highest BCUT2D eigenvalue weighted by molar-refractivity contribution is 5.89. The molecule has 7 nitrogen and oxygen atoms in total. The van der Waals surface area contributed by atoms with Crippen molar-refractivity contribution >= 4 is 28.1 Å². The quantitative estimate of drug-likeness (QED) is 0.232. The fourth-order valence-electron chi connectivity index (χ4n) is 5.03. The average Bonchev–Trinajstić information content (AvgIpc) is 3.52. The number of aryl methyl sites for hydroxylation is 2. The Morgan fingerprint density at radius 1 is 0.974 bits per heavy atom. The third kappa shape index (κ3) is 4.22. The minimum absolute atomic E-state index is 0.275. The molecule has 0 unspecified atom stereocenters. The fraction of sp³-hybridized carbons (Fsp3) is 0.156. The van der Waals surface area contributed by atoms with Gasteiger partial charge in [-0.25, -0.2) is 4.98 Å². The van der Waals surface area contributed by atoms with E-state index in [4.69, 9.17) is 14.1 Å². The molecule has 3 aromatic carbocycles. The van der Waals surface area contributed by atoms with Crippen molar-refractivity contribution < 1.29 is 9.15 Å². The van der Waals surface area contributed by atoms with Gasteiger partial charge in [0.25, 0.3) is 5.56 Å². The van der Waals surface area contributed by atoms with Crippen LogP contribution in [0.4, 0.5) is 0 Å². The number of para-hydroxylation sites is 1. The van der Waals surface area contributed by atoms with Crippen LogP contribution in [-0.2, 0) is 6.42 Å². The average molecular weight is 517 g/mol. The number of benzene rings is 3. The van der Waals surface area contributed by atoms with Crippen LogP contribution < -0.4 is 10.3 Å². The first-order chi connectivity index (χ1) is 19.0. The maximum absolute atomic E-state index is 13.7. The number of ether oxygens (including phenoxy) is 1. The summed E-state index contributed by atoms with van der Waals surface area (Å²) in [4.78, 5) is 18.4. The van der Waals surface area contributed by atoms with Gasteiger partial charge in [0.2, 0.25) is 5.82 Å². The lowest BCUT2D eigenvalue weighted by Crippen LogP contribution is -2.20. The molecular formula is C32H28N4O3. The number of nitrogens with zero attached hydrogens (tertiary/aromatic N) is 4. The van der Waals surface area contributed by atoms with E-state index >= 15 is 0 Å². The fourth-order valence-corrected chi connectivity index (χ4v) is 5.03. The maximum Gasteiger partial charge on any atom is 0.282 e. The molecule has 0 radical (unpaired) electrons. The lowest BCUT2D eigenvalue weighted by molar-refractivity contribution is 0.419. The van der Waals surface area contributed by atoms with E-state index in [0.29, 0.717) is 33.8 Å². The molecule has 6 rings (SSSR count). The van der Waals surface area contributed by atoms with Crippen LogP contribution >= 0.6 is 0 Å². The maximum atomic E-state index is 13.7. The predicted molar refractivity (Wildman–Crippen MR) is 155 cm³/mol. The Hall–Kier alpha value is -4.91. The summed E-state index contributed by atoms with van der Waals surface area (Å²) in [7, 11) is 1.62. The summed E-state index contributed by atoms with van der Waals surface area (Å²) in [6.07, 6.45) is 2.71. The number of fused-ring (bicyclic) bond motifs is 2. The van der Waals surface area contributed by atoms with E-state index in [1.165, 1.54) is 10.2 Å². The normalized spacial score (nSPS) is 11.7. The zero-order chi connectivity index (χ0) is 27.1. The van der Waals surface area contributed by atoms with E-state index in [1.54, 1.807) is 19.4 Å². The molecule has 0 N–H and O–H groups in total. The van der Waals surface area contributed by atoms with Crippen molar-refractivity contribution in [3.8, 4) is 23.0 Å². The molecule has 6 aromatic rings. The van der Waals surface area contributed by atoms with Crippen LogP contribution in [0, 0.1) is 13.8 Å². The van der Waals surface area contributed by atoms with Crippen molar-refractivity contribution in [3.63, 3.8) is 0 Å². The smallest absolute Gasteiger partial charge is 0.282 e.